The molecule has 0 spiro atoms. The summed E-state index contributed by atoms with van der Waals surface area (Å²) >= 11 is 0. The third kappa shape index (κ3) is 1.86. The Morgan fingerprint density at radius 1 is 1.11 bits per heavy atom. The normalized spacial score (nSPS) is 31.2. The minimum Gasteiger partial charge on any atom is -0.322 e. The smallest absolute Gasteiger partial charge is 0.322 e. The third-order valence-electron chi connectivity index (χ3n) is 3.67. The van der Waals surface area contributed by atoms with E-state index in [4.69, 9.17) is 0 Å². The van der Waals surface area contributed by atoms with Crippen LogP contribution in [0.4, 0.5) is 4.79 Å². The Bertz CT molecular complexity index is 474. The predicted molar refractivity (Wildman–Crippen MR) is 65.8 cm³/mol. The van der Waals surface area contributed by atoms with Crippen molar-refractivity contribution in [3.8, 4) is 0 Å². The quantitative estimate of drug-likeness (QED) is 0.676. The van der Waals surface area contributed by atoms with Gasteiger partial charge in [0.05, 0.1) is 12.1 Å². The molecule has 0 bridgehead atoms. The number of amides is 3. The van der Waals surface area contributed by atoms with E-state index in [1.54, 1.807) is 0 Å². The summed E-state index contributed by atoms with van der Waals surface area (Å²) < 4.78 is 0. The van der Waals surface area contributed by atoms with Crippen LogP contribution >= 0.6 is 0 Å². The van der Waals surface area contributed by atoms with Gasteiger partial charge in [0.2, 0.25) is 5.91 Å². The average molecular weight is 245 g/mol. The molecule has 94 valence electrons. The lowest BCUT2D eigenvalue weighted by Crippen LogP contribution is -2.66. The first-order valence-electron chi connectivity index (χ1n) is 6.15. The van der Waals surface area contributed by atoms with Gasteiger partial charge in [0.15, 0.2) is 0 Å². The third-order valence-corrected chi connectivity index (χ3v) is 3.67. The summed E-state index contributed by atoms with van der Waals surface area (Å²) in [5.74, 6) is -0.276. The fraction of sp³-hybridized carbons (Fsp3) is 0.385. The Labute approximate surface area is 105 Å². The van der Waals surface area contributed by atoms with Gasteiger partial charge >= 0.3 is 6.03 Å². The second kappa shape index (κ2) is 4.42. The molecule has 2 fully saturated rings. The fourth-order valence-electron chi connectivity index (χ4n) is 2.85. The SMILES string of the molecule is O=C1NC(=O)C2C(NCCC2c2ccccc2)N1. The standard InChI is InChI=1S/C13H15N3O2/c17-12-10-9(8-4-2-1-3-5-8)6-7-14-11(10)15-13(18)16-12/h1-5,9-11,14H,6-7H2,(H2,15,16,17,18). The van der Waals surface area contributed by atoms with Gasteiger partial charge in [0.25, 0.3) is 0 Å². The van der Waals surface area contributed by atoms with Crippen molar-refractivity contribution in [3.05, 3.63) is 35.9 Å². The maximum atomic E-state index is 12.0. The number of piperidine rings is 1. The number of rotatable bonds is 1. The lowest BCUT2D eigenvalue weighted by Gasteiger charge is -2.41. The zero-order valence-electron chi connectivity index (χ0n) is 9.85. The van der Waals surface area contributed by atoms with Gasteiger partial charge < -0.3 is 5.32 Å². The van der Waals surface area contributed by atoms with Gasteiger partial charge in [-0.05, 0) is 24.4 Å². The molecule has 0 radical (unpaired) electrons. The number of hydrogen-bond acceptors (Lipinski definition) is 3. The van der Waals surface area contributed by atoms with Gasteiger partial charge in [-0.1, -0.05) is 30.3 Å². The monoisotopic (exact) mass is 245 g/mol. The Morgan fingerprint density at radius 3 is 2.67 bits per heavy atom. The van der Waals surface area contributed by atoms with Crippen LogP contribution in [-0.4, -0.2) is 24.6 Å². The Morgan fingerprint density at radius 2 is 1.89 bits per heavy atom. The molecule has 3 amide bonds. The van der Waals surface area contributed by atoms with Crippen LogP contribution in [0.25, 0.3) is 0 Å². The highest BCUT2D eigenvalue weighted by Crippen LogP contribution is 2.33. The number of imide groups is 1. The number of urea groups is 1. The van der Waals surface area contributed by atoms with Gasteiger partial charge in [0, 0.05) is 0 Å². The van der Waals surface area contributed by atoms with E-state index in [0.717, 1.165) is 18.5 Å². The van der Waals surface area contributed by atoms with Crippen molar-refractivity contribution in [1.82, 2.24) is 16.0 Å². The summed E-state index contributed by atoms with van der Waals surface area (Å²) in [6.45, 7) is 0.800. The average Bonchev–Trinajstić information content (AvgIpc) is 2.38. The molecular formula is C13H15N3O2. The van der Waals surface area contributed by atoms with E-state index < -0.39 is 6.03 Å². The maximum absolute atomic E-state index is 12.0. The van der Waals surface area contributed by atoms with Crippen molar-refractivity contribution in [3.63, 3.8) is 0 Å². The minimum atomic E-state index is -0.414. The maximum Gasteiger partial charge on any atom is 0.322 e. The molecular weight excluding hydrogens is 230 g/mol. The lowest BCUT2D eigenvalue weighted by atomic mass is 9.78. The second-order valence-electron chi connectivity index (χ2n) is 4.73. The summed E-state index contributed by atoms with van der Waals surface area (Å²) in [5.41, 5.74) is 1.15. The van der Waals surface area contributed by atoms with E-state index in [1.807, 2.05) is 30.3 Å². The van der Waals surface area contributed by atoms with E-state index in [1.165, 1.54) is 0 Å². The molecule has 3 unspecified atom stereocenters. The second-order valence-corrected chi connectivity index (χ2v) is 4.73. The molecule has 3 atom stereocenters. The molecule has 5 nitrogen and oxygen atoms in total. The van der Waals surface area contributed by atoms with Crippen LogP contribution in [-0.2, 0) is 4.79 Å². The molecule has 3 rings (SSSR count). The largest absolute Gasteiger partial charge is 0.322 e. The first kappa shape index (κ1) is 11.2. The van der Waals surface area contributed by atoms with Gasteiger partial charge in [-0.3, -0.25) is 15.4 Å². The summed E-state index contributed by atoms with van der Waals surface area (Å²) in [6, 6.07) is 9.58. The van der Waals surface area contributed by atoms with Gasteiger partial charge in [-0.15, -0.1) is 0 Å². The predicted octanol–water partition coefficient (Wildman–Crippen LogP) is 0.545. The van der Waals surface area contributed by atoms with Crippen molar-refractivity contribution >= 4 is 11.9 Å². The van der Waals surface area contributed by atoms with Crippen LogP contribution < -0.4 is 16.0 Å². The van der Waals surface area contributed by atoms with Gasteiger partial charge in [-0.25, -0.2) is 4.79 Å². The number of carbonyl (C=O) groups is 2. The zero-order valence-corrected chi connectivity index (χ0v) is 9.85. The molecule has 0 aromatic heterocycles. The highest BCUT2D eigenvalue weighted by molar-refractivity contribution is 5.99. The summed E-state index contributed by atoms with van der Waals surface area (Å²) in [6.07, 6.45) is 0.638. The summed E-state index contributed by atoms with van der Waals surface area (Å²) in [4.78, 5) is 23.3. The molecule has 2 saturated heterocycles. The number of fused-ring (bicyclic) bond motifs is 1. The number of carbonyl (C=O) groups excluding carboxylic acids is 2. The van der Waals surface area contributed by atoms with E-state index in [-0.39, 0.29) is 23.9 Å². The van der Waals surface area contributed by atoms with E-state index in [9.17, 15) is 9.59 Å². The van der Waals surface area contributed by atoms with Crippen LogP contribution in [0.3, 0.4) is 0 Å². The minimum absolute atomic E-state index is 0.151. The molecule has 1 aromatic rings. The highest BCUT2D eigenvalue weighted by Gasteiger charge is 2.43. The Kier molecular flexibility index (Phi) is 2.76. The van der Waals surface area contributed by atoms with Crippen molar-refractivity contribution in [2.45, 2.75) is 18.5 Å². The topological polar surface area (TPSA) is 70.2 Å². The first-order valence-corrected chi connectivity index (χ1v) is 6.15. The molecule has 2 aliphatic heterocycles. The highest BCUT2D eigenvalue weighted by atomic mass is 16.2. The zero-order chi connectivity index (χ0) is 12.5. The summed E-state index contributed by atoms with van der Waals surface area (Å²) in [7, 11) is 0. The van der Waals surface area contributed by atoms with Crippen LogP contribution in [0.2, 0.25) is 0 Å². The number of hydrogen-bond donors (Lipinski definition) is 3. The van der Waals surface area contributed by atoms with E-state index in [0.29, 0.717) is 0 Å². The molecule has 18 heavy (non-hydrogen) atoms. The molecule has 5 heteroatoms. The Balaban J connectivity index is 1.91. The summed E-state index contributed by atoms with van der Waals surface area (Å²) in [5, 5.41) is 8.30. The van der Waals surface area contributed by atoms with E-state index in [2.05, 4.69) is 16.0 Å². The molecule has 2 heterocycles. The molecule has 2 aliphatic rings. The van der Waals surface area contributed by atoms with Crippen molar-refractivity contribution in [2.75, 3.05) is 6.54 Å². The van der Waals surface area contributed by atoms with Crippen molar-refractivity contribution < 1.29 is 9.59 Å². The number of nitrogens with one attached hydrogen (secondary N) is 3. The molecule has 3 N–H and O–H groups in total. The van der Waals surface area contributed by atoms with Crippen LogP contribution in [0, 0.1) is 5.92 Å². The Hall–Kier alpha value is -1.88. The van der Waals surface area contributed by atoms with Crippen LogP contribution in [0.1, 0.15) is 17.9 Å². The van der Waals surface area contributed by atoms with Crippen molar-refractivity contribution in [2.24, 2.45) is 5.92 Å². The lowest BCUT2D eigenvalue weighted by molar-refractivity contribution is -0.127. The number of benzene rings is 1. The molecule has 0 aliphatic carbocycles. The van der Waals surface area contributed by atoms with Gasteiger partial charge in [0.1, 0.15) is 0 Å². The first-order chi connectivity index (χ1) is 8.75. The van der Waals surface area contributed by atoms with Gasteiger partial charge in [-0.2, -0.15) is 0 Å². The molecule has 0 saturated carbocycles. The molecule has 1 aromatic carbocycles. The van der Waals surface area contributed by atoms with E-state index >= 15 is 0 Å². The fourth-order valence-corrected chi connectivity index (χ4v) is 2.85. The van der Waals surface area contributed by atoms with Crippen LogP contribution in [0.15, 0.2) is 30.3 Å². The van der Waals surface area contributed by atoms with Crippen LogP contribution in [0.5, 0.6) is 0 Å². The van der Waals surface area contributed by atoms with Crippen molar-refractivity contribution in [1.29, 1.82) is 0 Å².